The van der Waals surface area contributed by atoms with Crippen LogP contribution in [0.2, 0.25) is 0 Å². The molecule has 0 unspecified atom stereocenters. The standard InChI is InChI=1S/C12H14N4O2S/c1-8-4-10(16(17)18)12(13-5-8)15(3)6-11-9(2)14-7-19-11/h4-5,7H,6H2,1-3H3. The van der Waals surface area contributed by atoms with E-state index in [-0.39, 0.29) is 5.69 Å². The van der Waals surface area contributed by atoms with Gasteiger partial charge in [-0.05, 0) is 19.4 Å². The Labute approximate surface area is 114 Å². The summed E-state index contributed by atoms with van der Waals surface area (Å²) in [6, 6.07) is 1.54. The monoisotopic (exact) mass is 278 g/mol. The van der Waals surface area contributed by atoms with Crippen molar-refractivity contribution in [1.82, 2.24) is 9.97 Å². The van der Waals surface area contributed by atoms with Gasteiger partial charge >= 0.3 is 5.69 Å². The lowest BCUT2D eigenvalue weighted by Gasteiger charge is -2.17. The largest absolute Gasteiger partial charge is 0.349 e. The highest BCUT2D eigenvalue weighted by Gasteiger charge is 2.20. The second kappa shape index (κ2) is 5.31. The fourth-order valence-corrected chi connectivity index (χ4v) is 2.57. The zero-order valence-corrected chi connectivity index (χ0v) is 11.8. The molecule has 2 aromatic heterocycles. The zero-order chi connectivity index (χ0) is 14.0. The Morgan fingerprint density at radius 2 is 2.16 bits per heavy atom. The fraction of sp³-hybridized carbons (Fsp3) is 0.333. The van der Waals surface area contributed by atoms with Crippen LogP contribution in [-0.2, 0) is 6.54 Å². The summed E-state index contributed by atoms with van der Waals surface area (Å²) in [5.74, 6) is 0.378. The zero-order valence-electron chi connectivity index (χ0n) is 11.0. The summed E-state index contributed by atoms with van der Waals surface area (Å²) in [7, 11) is 1.80. The van der Waals surface area contributed by atoms with Crippen LogP contribution in [0.15, 0.2) is 17.8 Å². The average molecular weight is 278 g/mol. The normalized spacial score (nSPS) is 10.5. The predicted octanol–water partition coefficient (Wildman–Crippen LogP) is 2.70. The minimum Gasteiger partial charge on any atom is -0.349 e. The first-order chi connectivity index (χ1) is 8.99. The van der Waals surface area contributed by atoms with Crippen LogP contribution in [0.1, 0.15) is 16.1 Å². The maximum atomic E-state index is 11.1. The van der Waals surface area contributed by atoms with Gasteiger partial charge in [0.25, 0.3) is 0 Å². The molecule has 2 heterocycles. The van der Waals surface area contributed by atoms with E-state index in [0.29, 0.717) is 12.4 Å². The lowest BCUT2D eigenvalue weighted by atomic mass is 10.2. The summed E-state index contributed by atoms with van der Waals surface area (Å²) in [4.78, 5) is 21.9. The molecule has 0 amide bonds. The second-order valence-corrected chi connectivity index (χ2v) is 5.27. The molecule has 100 valence electrons. The van der Waals surface area contributed by atoms with Crippen molar-refractivity contribution in [3.8, 4) is 0 Å². The van der Waals surface area contributed by atoms with Gasteiger partial charge in [-0.15, -0.1) is 11.3 Å². The smallest absolute Gasteiger partial charge is 0.311 e. The summed E-state index contributed by atoms with van der Waals surface area (Å²) in [5, 5.41) is 11.1. The Balaban J connectivity index is 2.31. The van der Waals surface area contributed by atoms with Gasteiger partial charge in [-0.1, -0.05) is 0 Å². The number of rotatable bonds is 4. The van der Waals surface area contributed by atoms with Crippen molar-refractivity contribution in [2.24, 2.45) is 0 Å². The van der Waals surface area contributed by atoms with Crippen LogP contribution in [0, 0.1) is 24.0 Å². The van der Waals surface area contributed by atoms with Crippen molar-refractivity contribution < 1.29 is 4.92 Å². The SMILES string of the molecule is Cc1cnc(N(C)Cc2scnc2C)c([N+](=O)[O-])c1. The number of aryl methyl sites for hydroxylation is 2. The third-order valence-corrected chi connectivity index (χ3v) is 3.69. The van der Waals surface area contributed by atoms with Crippen molar-refractivity contribution in [2.75, 3.05) is 11.9 Å². The third kappa shape index (κ3) is 2.87. The highest BCUT2D eigenvalue weighted by atomic mass is 32.1. The molecule has 19 heavy (non-hydrogen) atoms. The van der Waals surface area contributed by atoms with E-state index in [0.717, 1.165) is 16.1 Å². The van der Waals surface area contributed by atoms with Crippen LogP contribution < -0.4 is 4.90 Å². The highest BCUT2D eigenvalue weighted by Crippen LogP contribution is 2.27. The maximum absolute atomic E-state index is 11.1. The van der Waals surface area contributed by atoms with Crippen molar-refractivity contribution in [3.05, 3.63) is 44.0 Å². The van der Waals surface area contributed by atoms with Gasteiger partial charge in [-0.2, -0.15) is 0 Å². The predicted molar refractivity (Wildman–Crippen MR) is 74.6 cm³/mol. The van der Waals surface area contributed by atoms with Crippen molar-refractivity contribution in [2.45, 2.75) is 20.4 Å². The molecular weight excluding hydrogens is 264 g/mol. The van der Waals surface area contributed by atoms with Crippen molar-refractivity contribution >= 4 is 22.8 Å². The number of hydrogen-bond acceptors (Lipinski definition) is 6. The van der Waals surface area contributed by atoms with Gasteiger partial charge in [0, 0.05) is 24.2 Å². The van der Waals surface area contributed by atoms with Crippen LogP contribution in [-0.4, -0.2) is 21.9 Å². The van der Waals surface area contributed by atoms with Gasteiger partial charge in [0.1, 0.15) is 0 Å². The minimum atomic E-state index is -0.397. The van der Waals surface area contributed by atoms with Gasteiger partial charge in [0.15, 0.2) is 0 Å². The van der Waals surface area contributed by atoms with Gasteiger partial charge < -0.3 is 4.90 Å². The number of hydrogen-bond donors (Lipinski definition) is 0. The van der Waals surface area contributed by atoms with Crippen molar-refractivity contribution in [3.63, 3.8) is 0 Å². The Bertz CT molecular complexity index is 612. The first-order valence-corrected chi connectivity index (χ1v) is 6.58. The first kappa shape index (κ1) is 13.4. The Kier molecular flexibility index (Phi) is 3.75. The van der Waals surface area contributed by atoms with E-state index < -0.39 is 4.92 Å². The molecule has 0 spiro atoms. The Hall–Kier alpha value is -2.02. The topological polar surface area (TPSA) is 72.2 Å². The van der Waals surface area contributed by atoms with Gasteiger partial charge in [-0.25, -0.2) is 9.97 Å². The van der Waals surface area contributed by atoms with E-state index in [2.05, 4.69) is 9.97 Å². The van der Waals surface area contributed by atoms with E-state index in [4.69, 9.17) is 0 Å². The molecule has 0 N–H and O–H groups in total. The Morgan fingerprint density at radius 3 is 2.74 bits per heavy atom. The number of aromatic nitrogens is 2. The van der Waals surface area contributed by atoms with Crippen LogP contribution in [0.4, 0.5) is 11.5 Å². The number of anilines is 1. The quantitative estimate of drug-likeness (QED) is 0.635. The summed E-state index contributed by atoms with van der Waals surface area (Å²) < 4.78 is 0. The molecule has 0 fully saturated rings. The van der Waals surface area contributed by atoms with Crippen LogP contribution >= 0.6 is 11.3 Å². The van der Waals surface area contributed by atoms with Crippen molar-refractivity contribution in [1.29, 1.82) is 0 Å². The second-order valence-electron chi connectivity index (χ2n) is 4.33. The molecule has 7 heteroatoms. The van der Waals surface area contributed by atoms with E-state index in [1.54, 1.807) is 36.6 Å². The molecule has 2 rings (SSSR count). The first-order valence-electron chi connectivity index (χ1n) is 5.70. The molecule has 0 radical (unpaired) electrons. The van der Waals surface area contributed by atoms with Crippen LogP contribution in [0.5, 0.6) is 0 Å². The molecule has 2 aromatic rings. The van der Waals surface area contributed by atoms with Crippen LogP contribution in [0.3, 0.4) is 0 Å². The molecular formula is C12H14N4O2S. The maximum Gasteiger partial charge on any atom is 0.311 e. The number of thiazole rings is 1. The van der Waals surface area contributed by atoms with E-state index in [1.807, 2.05) is 6.92 Å². The summed E-state index contributed by atoms with van der Waals surface area (Å²) in [5.41, 5.74) is 3.53. The molecule has 0 aliphatic rings. The summed E-state index contributed by atoms with van der Waals surface area (Å²) in [6.45, 7) is 4.28. The lowest BCUT2D eigenvalue weighted by molar-refractivity contribution is -0.384. The van der Waals surface area contributed by atoms with Gasteiger partial charge in [-0.3, -0.25) is 10.1 Å². The van der Waals surface area contributed by atoms with E-state index in [1.165, 1.54) is 11.3 Å². The summed E-state index contributed by atoms with van der Waals surface area (Å²) >= 11 is 1.54. The molecule has 0 aromatic carbocycles. The molecule has 0 aliphatic carbocycles. The highest BCUT2D eigenvalue weighted by molar-refractivity contribution is 7.09. The average Bonchev–Trinajstić information content (AvgIpc) is 2.74. The number of pyridine rings is 1. The lowest BCUT2D eigenvalue weighted by Crippen LogP contribution is -2.19. The van der Waals surface area contributed by atoms with Gasteiger partial charge in [0.05, 0.1) is 22.7 Å². The molecule has 0 saturated carbocycles. The van der Waals surface area contributed by atoms with E-state index >= 15 is 0 Å². The van der Waals surface area contributed by atoms with Crippen LogP contribution in [0.25, 0.3) is 0 Å². The third-order valence-electron chi connectivity index (χ3n) is 2.77. The number of nitro groups is 1. The number of nitrogens with zero attached hydrogens (tertiary/aromatic N) is 4. The molecule has 0 atom stereocenters. The molecule has 6 nitrogen and oxygen atoms in total. The van der Waals surface area contributed by atoms with E-state index in [9.17, 15) is 10.1 Å². The summed E-state index contributed by atoms with van der Waals surface area (Å²) in [6.07, 6.45) is 1.64. The molecule has 0 saturated heterocycles. The molecule has 0 bridgehead atoms. The minimum absolute atomic E-state index is 0.0321. The fourth-order valence-electron chi connectivity index (χ4n) is 1.74. The van der Waals surface area contributed by atoms with Gasteiger partial charge in [0.2, 0.25) is 5.82 Å². The Morgan fingerprint density at radius 1 is 1.42 bits per heavy atom. The molecule has 0 aliphatic heterocycles.